The monoisotopic (exact) mass is 292 g/mol. The van der Waals surface area contributed by atoms with Crippen LogP contribution in [-0.4, -0.2) is 10.2 Å². The second kappa shape index (κ2) is 2.77. The minimum atomic E-state index is 0.236. The first-order valence-corrected chi connectivity index (χ1v) is 5.18. The van der Waals surface area contributed by atoms with Crippen molar-refractivity contribution in [2.24, 2.45) is 0 Å². The highest BCUT2D eigenvalue weighted by molar-refractivity contribution is 14.1. The number of fused-ring (bicyclic) bond motifs is 1. The molecule has 0 fully saturated rings. The summed E-state index contributed by atoms with van der Waals surface area (Å²) < 4.78 is 1.77. The molecular formula is C8H5IO2S. The van der Waals surface area contributed by atoms with Gasteiger partial charge >= 0.3 is 0 Å². The number of hydrogen-bond acceptors (Lipinski definition) is 3. The largest absolute Gasteiger partial charge is 0.508 e. The van der Waals surface area contributed by atoms with Crippen LogP contribution < -0.4 is 0 Å². The van der Waals surface area contributed by atoms with E-state index in [9.17, 15) is 5.11 Å². The maximum Gasteiger partial charge on any atom is 0.186 e. The fraction of sp³-hybridized carbons (Fsp3) is 0. The quantitative estimate of drug-likeness (QED) is 0.733. The Morgan fingerprint density at radius 2 is 2.00 bits per heavy atom. The number of phenolic OH excluding ortho intramolecular Hbond substituents is 1. The van der Waals surface area contributed by atoms with Gasteiger partial charge in [0, 0.05) is 10.1 Å². The van der Waals surface area contributed by atoms with Crippen molar-refractivity contribution in [1.29, 1.82) is 0 Å². The molecular weight excluding hydrogens is 287 g/mol. The minimum Gasteiger partial charge on any atom is -0.508 e. The van der Waals surface area contributed by atoms with Crippen molar-refractivity contribution in [3.8, 4) is 10.8 Å². The predicted molar refractivity (Wildman–Crippen MR) is 57.9 cm³/mol. The molecule has 0 spiro atoms. The molecule has 0 saturated carbocycles. The molecule has 0 unspecified atom stereocenters. The van der Waals surface area contributed by atoms with E-state index >= 15 is 0 Å². The first-order chi connectivity index (χ1) is 5.68. The second-order valence-corrected chi connectivity index (χ2v) is 4.51. The third-order valence-corrected chi connectivity index (χ3v) is 4.01. The SMILES string of the molecule is Oc1ccc2c(I)c(O)sc2c1. The van der Waals surface area contributed by atoms with E-state index in [1.54, 1.807) is 12.1 Å². The van der Waals surface area contributed by atoms with Crippen LogP contribution in [0, 0.1) is 3.57 Å². The summed E-state index contributed by atoms with van der Waals surface area (Å²) in [6.07, 6.45) is 0. The first kappa shape index (κ1) is 8.12. The molecule has 1 aromatic heterocycles. The standard InChI is InChI=1S/C8H5IO2S/c9-7-5-2-1-4(10)3-6(5)12-8(7)11/h1-3,10-11H. The van der Waals surface area contributed by atoms with Gasteiger partial charge in [0.2, 0.25) is 0 Å². The van der Waals surface area contributed by atoms with Crippen LogP contribution in [0.25, 0.3) is 10.1 Å². The zero-order valence-electron chi connectivity index (χ0n) is 5.91. The van der Waals surface area contributed by atoms with E-state index in [4.69, 9.17) is 5.11 Å². The molecule has 0 amide bonds. The van der Waals surface area contributed by atoms with Gasteiger partial charge in [0.1, 0.15) is 5.75 Å². The summed E-state index contributed by atoms with van der Waals surface area (Å²) in [7, 11) is 0. The van der Waals surface area contributed by atoms with E-state index in [2.05, 4.69) is 22.6 Å². The molecule has 0 radical (unpaired) electrons. The Balaban J connectivity index is 2.87. The summed E-state index contributed by atoms with van der Waals surface area (Å²) in [5, 5.41) is 19.8. The van der Waals surface area contributed by atoms with Crippen LogP contribution in [0.5, 0.6) is 10.8 Å². The van der Waals surface area contributed by atoms with Gasteiger partial charge in [-0.15, -0.1) is 0 Å². The molecule has 0 bridgehead atoms. The van der Waals surface area contributed by atoms with E-state index in [0.717, 1.165) is 13.7 Å². The second-order valence-electron chi connectivity index (χ2n) is 2.40. The molecule has 2 N–H and O–H groups in total. The van der Waals surface area contributed by atoms with Crippen LogP contribution >= 0.6 is 33.9 Å². The zero-order valence-corrected chi connectivity index (χ0v) is 8.89. The van der Waals surface area contributed by atoms with Gasteiger partial charge in [0.15, 0.2) is 5.06 Å². The summed E-state index contributed by atoms with van der Waals surface area (Å²) >= 11 is 3.37. The Hall–Kier alpha value is -0.490. The summed E-state index contributed by atoms with van der Waals surface area (Å²) in [6.45, 7) is 0. The molecule has 0 atom stereocenters. The van der Waals surface area contributed by atoms with Crippen molar-refractivity contribution < 1.29 is 10.2 Å². The molecule has 0 aliphatic heterocycles. The van der Waals surface area contributed by atoms with Gasteiger partial charge < -0.3 is 10.2 Å². The summed E-state index contributed by atoms with van der Waals surface area (Å²) in [5.74, 6) is 0.236. The maximum absolute atomic E-state index is 9.36. The molecule has 0 aliphatic rings. The summed E-state index contributed by atoms with van der Waals surface area (Å²) in [4.78, 5) is 0. The van der Waals surface area contributed by atoms with Gasteiger partial charge in [-0.25, -0.2) is 0 Å². The average Bonchev–Trinajstić information content (AvgIpc) is 2.28. The minimum absolute atomic E-state index is 0.236. The van der Waals surface area contributed by atoms with E-state index < -0.39 is 0 Å². The molecule has 1 aromatic carbocycles. The number of phenols is 1. The van der Waals surface area contributed by atoms with E-state index in [0.29, 0.717) is 5.06 Å². The lowest BCUT2D eigenvalue weighted by Gasteiger charge is -1.90. The first-order valence-electron chi connectivity index (χ1n) is 3.28. The lowest BCUT2D eigenvalue weighted by Crippen LogP contribution is -1.66. The fourth-order valence-electron chi connectivity index (χ4n) is 1.04. The van der Waals surface area contributed by atoms with E-state index in [-0.39, 0.29) is 5.75 Å². The topological polar surface area (TPSA) is 40.5 Å². The smallest absolute Gasteiger partial charge is 0.186 e. The van der Waals surface area contributed by atoms with Crippen LogP contribution in [0.2, 0.25) is 0 Å². The lowest BCUT2D eigenvalue weighted by molar-refractivity contribution is 0.476. The maximum atomic E-state index is 9.36. The van der Waals surface area contributed by atoms with E-state index in [1.807, 2.05) is 6.07 Å². The molecule has 2 aromatic rings. The molecule has 62 valence electrons. The highest BCUT2D eigenvalue weighted by Crippen LogP contribution is 2.38. The molecule has 0 saturated heterocycles. The van der Waals surface area contributed by atoms with Crippen molar-refractivity contribution in [1.82, 2.24) is 0 Å². The molecule has 0 aliphatic carbocycles. The molecule has 1 heterocycles. The van der Waals surface area contributed by atoms with Crippen molar-refractivity contribution in [3.05, 3.63) is 21.8 Å². The van der Waals surface area contributed by atoms with Gasteiger partial charge in [-0.1, -0.05) is 11.3 Å². The van der Waals surface area contributed by atoms with Gasteiger partial charge in [-0.3, -0.25) is 0 Å². The third kappa shape index (κ3) is 1.15. The number of benzene rings is 1. The van der Waals surface area contributed by atoms with E-state index in [1.165, 1.54) is 11.3 Å². The Bertz CT molecular complexity index is 436. The molecule has 12 heavy (non-hydrogen) atoms. The van der Waals surface area contributed by atoms with Crippen molar-refractivity contribution in [3.63, 3.8) is 0 Å². The van der Waals surface area contributed by atoms with Crippen molar-refractivity contribution >= 4 is 44.0 Å². The average molecular weight is 292 g/mol. The van der Waals surface area contributed by atoms with Crippen LogP contribution in [0.3, 0.4) is 0 Å². The summed E-state index contributed by atoms with van der Waals surface area (Å²) in [5.41, 5.74) is 0. The fourth-order valence-corrected chi connectivity index (χ4v) is 2.89. The number of thiophene rings is 1. The van der Waals surface area contributed by atoms with Crippen LogP contribution in [0.15, 0.2) is 18.2 Å². The summed E-state index contributed by atoms with van der Waals surface area (Å²) in [6, 6.07) is 5.08. The number of aromatic hydroxyl groups is 2. The number of hydrogen-bond donors (Lipinski definition) is 2. The van der Waals surface area contributed by atoms with Gasteiger partial charge in [0.05, 0.1) is 3.57 Å². The predicted octanol–water partition coefficient (Wildman–Crippen LogP) is 2.92. The van der Waals surface area contributed by atoms with Crippen LogP contribution in [0.1, 0.15) is 0 Å². The zero-order chi connectivity index (χ0) is 8.72. The Morgan fingerprint density at radius 3 is 2.75 bits per heavy atom. The number of halogens is 1. The highest BCUT2D eigenvalue weighted by Gasteiger charge is 2.07. The van der Waals surface area contributed by atoms with Gasteiger partial charge in [0.25, 0.3) is 0 Å². The molecule has 4 heteroatoms. The normalized spacial score (nSPS) is 10.8. The Morgan fingerprint density at radius 1 is 1.25 bits per heavy atom. The van der Waals surface area contributed by atoms with Crippen LogP contribution in [0.4, 0.5) is 0 Å². The Labute approximate surface area is 86.6 Å². The van der Waals surface area contributed by atoms with Crippen LogP contribution in [-0.2, 0) is 0 Å². The third-order valence-electron chi connectivity index (χ3n) is 1.60. The Kier molecular flexibility index (Phi) is 1.88. The molecule has 2 rings (SSSR count). The van der Waals surface area contributed by atoms with Crippen molar-refractivity contribution in [2.45, 2.75) is 0 Å². The highest BCUT2D eigenvalue weighted by atomic mass is 127. The lowest BCUT2D eigenvalue weighted by atomic mass is 10.2. The number of rotatable bonds is 0. The molecule has 2 nitrogen and oxygen atoms in total. The van der Waals surface area contributed by atoms with Gasteiger partial charge in [-0.2, -0.15) is 0 Å². The van der Waals surface area contributed by atoms with Gasteiger partial charge in [-0.05, 0) is 40.8 Å². The van der Waals surface area contributed by atoms with Crippen molar-refractivity contribution in [2.75, 3.05) is 0 Å².